The molecule has 0 aliphatic carbocycles. The first kappa shape index (κ1) is 15.6. The Labute approximate surface area is 117 Å². The Morgan fingerprint density at radius 1 is 1.40 bits per heavy atom. The minimum Gasteiger partial charge on any atom is -0.508 e. The quantitative estimate of drug-likeness (QED) is 0.709. The predicted molar refractivity (Wildman–Crippen MR) is 73.8 cm³/mol. The summed E-state index contributed by atoms with van der Waals surface area (Å²) in [5.74, 6) is -0.107. The fraction of sp³-hybridized carbons (Fsp3) is 0.286. The molecule has 0 radical (unpaired) electrons. The van der Waals surface area contributed by atoms with Gasteiger partial charge in [0.25, 0.3) is 0 Å². The van der Waals surface area contributed by atoms with Gasteiger partial charge < -0.3 is 20.9 Å². The van der Waals surface area contributed by atoms with Gasteiger partial charge in [0.05, 0.1) is 0 Å². The number of allylic oxidation sites excluding steroid dienone is 2. The third kappa shape index (κ3) is 5.01. The largest absolute Gasteiger partial charge is 0.508 e. The molecule has 6 heteroatoms. The number of carbonyl (C=O) groups excluding carboxylic acids is 2. The van der Waals surface area contributed by atoms with E-state index in [2.05, 4.69) is 5.32 Å². The second kappa shape index (κ2) is 7.18. The summed E-state index contributed by atoms with van der Waals surface area (Å²) in [7, 11) is 0. The topological polar surface area (TPSA) is 102 Å². The number of phenolic OH excluding ortho intramolecular Hbond substituents is 1. The second-order valence-corrected chi connectivity index (χ2v) is 4.26. The van der Waals surface area contributed by atoms with Crippen LogP contribution in [-0.4, -0.2) is 23.1 Å². The zero-order chi connectivity index (χ0) is 15.1. The summed E-state index contributed by atoms with van der Waals surface area (Å²) in [6, 6.07) is 5.41. The molecule has 2 amide bonds. The monoisotopic (exact) mass is 278 g/mol. The maximum Gasteiger partial charge on any atom is 0.412 e. The Kier molecular flexibility index (Phi) is 5.58. The van der Waals surface area contributed by atoms with Crippen LogP contribution in [-0.2, 0) is 16.0 Å². The molecule has 0 fully saturated rings. The molecule has 6 nitrogen and oxygen atoms in total. The van der Waals surface area contributed by atoms with Crippen LogP contribution in [0.2, 0.25) is 0 Å². The molecule has 4 N–H and O–H groups in total. The molecule has 0 heterocycles. The molecule has 1 aromatic rings. The summed E-state index contributed by atoms with van der Waals surface area (Å²) in [4.78, 5) is 22.9. The molecule has 1 aromatic carbocycles. The number of phenols is 1. The first-order valence-electron chi connectivity index (χ1n) is 6.11. The second-order valence-electron chi connectivity index (χ2n) is 4.26. The number of hydrogen-bond acceptors (Lipinski definition) is 4. The highest BCUT2D eigenvalue weighted by atomic mass is 16.6. The van der Waals surface area contributed by atoms with E-state index in [-0.39, 0.29) is 12.2 Å². The lowest BCUT2D eigenvalue weighted by Crippen LogP contribution is -2.45. The summed E-state index contributed by atoms with van der Waals surface area (Å²) in [5, 5.41) is 11.6. The Hall–Kier alpha value is -2.50. The minimum atomic E-state index is -0.878. The summed E-state index contributed by atoms with van der Waals surface area (Å²) < 4.78 is 4.90. The molecular weight excluding hydrogens is 260 g/mol. The van der Waals surface area contributed by atoms with E-state index in [4.69, 9.17) is 10.5 Å². The van der Waals surface area contributed by atoms with Crippen LogP contribution in [0.25, 0.3) is 0 Å². The standard InChI is InChI=1S/C14H18N2O4/c1-3-9(2)20-14(19)16-12(13(15)18)8-10-4-6-11(17)7-5-10/h3-7,12,17H,8H2,1-2H3,(H2,15,18)(H,16,19)/b9-3-/t12-/m0/s1. The van der Waals surface area contributed by atoms with Crippen LogP contribution in [0.15, 0.2) is 36.1 Å². The molecule has 20 heavy (non-hydrogen) atoms. The highest BCUT2D eigenvalue weighted by molar-refractivity contribution is 5.84. The van der Waals surface area contributed by atoms with Gasteiger partial charge in [0.2, 0.25) is 5.91 Å². The van der Waals surface area contributed by atoms with Gasteiger partial charge in [-0.05, 0) is 37.6 Å². The molecule has 0 saturated carbocycles. The van der Waals surface area contributed by atoms with Crippen molar-refractivity contribution in [1.82, 2.24) is 5.32 Å². The van der Waals surface area contributed by atoms with Gasteiger partial charge in [-0.25, -0.2) is 4.79 Å². The van der Waals surface area contributed by atoms with Gasteiger partial charge in [0.1, 0.15) is 17.6 Å². The van der Waals surface area contributed by atoms with Crippen molar-refractivity contribution in [3.05, 3.63) is 41.7 Å². The van der Waals surface area contributed by atoms with Crippen molar-refractivity contribution in [2.24, 2.45) is 5.73 Å². The Bertz CT molecular complexity index is 508. The highest BCUT2D eigenvalue weighted by Gasteiger charge is 2.19. The molecule has 0 aliphatic rings. The lowest BCUT2D eigenvalue weighted by molar-refractivity contribution is -0.119. The lowest BCUT2D eigenvalue weighted by atomic mass is 10.1. The van der Waals surface area contributed by atoms with Gasteiger partial charge in [-0.1, -0.05) is 12.1 Å². The molecule has 1 rings (SSSR count). The number of nitrogens with one attached hydrogen (secondary N) is 1. The van der Waals surface area contributed by atoms with E-state index in [0.717, 1.165) is 5.56 Å². The summed E-state index contributed by atoms with van der Waals surface area (Å²) in [6.07, 6.45) is 1.11. The minimum absolute atomic E-state index is 0.125. The summed E-state index contributed by atoms with van der Waals surface area (Å²) in [6.45, 7) is 3.35. The molecule has 0 aliphatic heterocycles. The molecule has 0 spiro atoms. The van der Waals surface area contributed by atoms with Gasteiger partial charge in [0.15, 0.2) is 0 Å². The van der Waals surface area contributed by atoms with E-state index in [1.165, 1.54) is 12.1 Å². The van der Waals surface area contributed by atoms with Gasteiger partial charge in [0, 0.05) is 6.42 Å². The van der Waals surface area contributed by atoms with E-state index in [1.54, 1.807) is 32.1 Å². The average Bonchev–Trinajstić information content (AvgIpc) is 2.40. The third-order valence-electron chi connectivity index (χ3n) is 2.67. The number of carbonyl (C=O) groups is 2. The van der Waals surface area contributed by atoms with E-state index in [9.17, 15) is 14.7 Å². The first-order chi connectivity index (χ1) is 9.42. The van der Waals surface area contributed by atoms with Crippen LogP contribution < -0.4 is 11.1 Å². The SMILES string of the molecule is C/C=C(/C)OC(=O)N[C@@H](Cc1ccc(O)cc1)C(N)=O. The van der Waals surface area contributed by atoms with Crippen LogP contribution in [0.1, 0.15) is 19.4 Å². The Morgan fingerprint density at radius 3 is 2.50 bits per heavy atom. The number of amides is 2. The smallest absolute Gasteiger partial charge is 0.412 e. The third-order valence-corrected chi connectivity index (χ3v) is 2.67. The van der Waals surface area contributed by atoms with Crippen molar-refractivity contribution < 1.29 is 19.4 Å². The van der Waals surface area contributed by atoms with Crippen molar-refractivity contribution in [2.45, 2.75) is 26.3 Å². The van der Waals surface area contributed by atoms with Crippen LogP contribution in [0.3, 0.4) is 0 Å². The number of benzene rings is 1. The molecule has 0 unspecified atom stereocenters. The summed E-state index contributed by atoms with van der Waals surface area (Å²) >= 11 is 0. The van der Waals surface area contributed by atoms with Gasteiger partial charge >= 0.3 is 6.09 Å². The Morgan fingerprint density at radius 2 is 2.00 bits per heavy atom. The van der Waals surface area contributed by atoms with Crippen molar-refractivity contribution in [3.63, 3.8) is 0 Å². The number of rotatable bonds is 5. The molecule has 0 bridgehead atoms. The van der Waals surface area contributed by atoms with Crippen molar-refractivity contribution in [3.8, 4) is 5.75 Å². The van der Waals surface area contributed by atoms with E-state index >= 15 is 0 Å². The molecular formula is C14H18N2O4. The molecule has 0 aromatic heterocycles. The highest BCUT2D eigenvalue weighted by Crippen LogP contribution is 2.11. The van der Waals surface area contributed by atoms with Crippen molar-refractivity contribution >= 4 is 12.0 Å². The summed E-state index contributed by atoms with van der Waals surface area (Å²) in [5.41, 5.74) is 6.01. The van der Waals surface area contributed by atoms with Crippen molar-refractivity contribution in [2.75, 3.05) is 0 Å². The molecule has 108 valence electrons. The number of primary amides is 1. The van der Waals surface area contributed by atoms with E-state index < -0.39 is 18.0 Å². The number of hydrogen-bond donors (Lipinski definition) is 3. The fourth-order valence-electron chi connectivity index (χ4n) is 1.47. The van der Waals surface area contributed by atoms with Crippen LogP contribution in [0.5, 0.6) is 5.75 Å². The maximum absolute atomic E-state index is 11.5. The number of nitrogens with two attached hydrogens (primary N) is 1. The first-order valence-corrected chi connectivity index (χ1v) is 6.11. The fourth-order valence-corrected chi connectivity index (χ4v) is 1.47. The van der Waals surface area contributed by atoms with Crippen LogP contribution in [0, 0.1) is 0 Å². The Balaban J connectivity index is 2.68. The molecule has 1 atom stereocenters. The van der Waals surface area contributed by atoms with Crippen LogP contribution >= 0.6 is 0 Å². The number of alkyl carbamates (subject to hydrolysis) is 1. The number of aromatic hydroxyl groups is 1. The zero-order valence-corrected chi connectivity index (χ0v) is 11.4. The number of ether oxygens (including phenoxy) is 1. The van der Waals surface area contributed by atoms with Gasteiger partial charge in [-0.15, -0.1) is 0 Å². The predicted octanol–water partition coefficient (Wildman–Crippen LogP) is 1.44. The lowest BCUT2D eigenvalue weighted by Gasteiger charge is -2.15. The van der Waals surface area contributed by atoms with E-state index in [0.29, 0.717) is 5.76 Å². The van der Waals surface area contributed by atoms with Gasteiger partial charge in [-0.2, -0.15) is 0 Å². The van der Waals surface area contributed by atoms with Crippen LogP contribution in [0.4, 0.5) is 4.79 Å². The molecule has 0 saturated heterocycles. The average molecular weight is 278 g/mol. The maximum atomic E-state index is 11.5. The zero-order valence-electron chi connectivity index (χ0n) is 11.4. The normalized spacial score (nSPS) is 12.6. The van der Waals surface area contributed by atoms with Crippen molar-refractivity contribution in [1.29, 1.82) is 0 Å². The van der Waals surface area contributed by atoms with E-state index in [1.807, 2.05) is 0 Å². The van der Waals surface area contributed by atoms with Gasteiger partial charge in [-0.3, -0.25) is 4.79 Å².